The lowest BCUT2D eigenvalue weighted by Gasteiger charge is -2.25. The van der Waals surface area contributed by atoms with Crippen molar-refractivity contribution >= 4 is 11.9 Å². The highest BCUT2D eigenvalue weighted by Crippen LogP contribution is 2.29. The minimum atomic E-state index is -0.0497. The lowest BCUT2D eigenvalue weighted by Crippen LogP contribution is -2.24. The molecular formula is C10H19ClO. The summed E-state index contributed by atoms with van der Waals surface area (Å²) in [6.45, 7) is 2.13. The third-order valence-electron chi connectivity index (χ3n) is 2.85. The molecule has 0 atom stereocenters. The molecule has 0 heterocycles. The number of hydrogen-bond donors (Lipinski definition) is 0. The van der Waals surface area contributed by atoms with E-state index in [1.807, 2.05) is 0 Å². The van der Waals surface area contributed by atoms with E-state index in [0.717, 1.165) is 12.8 Å². The first kappa shape index (κ1) is 10.3. The van der Waals surface area contributed by atoms with Crippen LogP contribution in [-0.2, 0) is 4.29 Å². The van der Waals surface area contributed by atoms with Gasteiger partial charge in [-0.05, 0) is 19.8 Å². The van der Waals surface area contributed by atoms with Crippen LogP contribution in [0.1, 0.15) is 58.3 Å². The van der Waals surface area contributed by atoms with Crippen LogP contribution in [0.15, 0.2) is 0 Å². The van der Waals surface area contributed by atoms with E-state index in [2.05, 4.69) is 6.92 Å². The van der Waals surface area contributed by atoms with Crippen molar-refractivity contribution in [1.82, 2.24) is 0 Å². The van der Waals surface area contributed by atoms with E-state index in [4.69, 9.17) is 16.2 Å². The Morgan fingerprint density at radius 3 is 1.75 bits per heavy atom. The number of hydrogen-bond acceptors (Lipinski definition) is 1. The Bertz CT molecular complexity index is 115. The minimum Gasteiger partial charge on any atom is -0.273 e. The first-order chi connectivity index (χ1) is 5.77. The Kier molecular flexibility index (Phi) is 4.38. The molecule has 0 bridgehead atoms. The Labute approximate surface area is 80.6 Å². The second-order valence-electron chi connectivity index (χ2n) is 4.15. The van der Waals surface area contributed by atoms with Crippen molar-refractivity contribution in [2.24, 2.45) is 0 Å². The summed E-state index contributed by atoms with van der Waals surface area (Å²) >= 11 is 5.50. The number of halogens is 1. The summed E-state index contributed by atoms with van der Waals surface area (Å²) in [6.07, 6.45) is 10.2. The molecular weight excluding hydrogens is 172 g/mol. The van der Waals surface area contributed by atoms with Gasteiger partial charge >= 0.3 is 0 Å². The third-order valence-corrected chi connectivity index (χ3v) is 3.22. The molecule has 1 fully saturated rings. The molecule has 2 heteroatoms. The summed E-state index contributed by atoms with van der Waals surface area (Å²) in [5.74, 6) is 0. The SMILES string of the molecule is CC1(OCl)CCCCCCCC1. The van der Waals surface area contributed by atoms with Gasteiger partial charge < -0.3 is 0 Å². The van der Waals surface area contributed by atoms with Gasteiger partial charge in [-0.25, -0.2) is 0 Å². The van der Waals surface area contributed by atoms with Gasteiger partial charge in [-0.15, -0.1) is 0 Å². The fourth-order valence-electron chi connectivity index (χ4n) is 1.91. The predicted octanol–water partition coefficient (Wildman–Crippen LogP) is 4.05. The molecule has 0 aromatic rings. The van der Waals surface area contributed by atoms with Crippen molar-refractivity contribution < 1.29 is 4.29 Å². The molecule has 0 amide bonds. The lowest BCUT2D eigenvalue weighted by molar-refractivity contribution is 0.0782. The fourth-order valence-corrected chi connectivity index (χ4v) is 2.06. The average Bonchev–Trinajstić information content (AvgIpc) is 2.18. The molecule has 1 rings (SSSR count). The van der Waals surface area contributed by atoms with Crippen molar-refractivity contribution in [2.75, 3.05) is 0 Å². The third kappa shape index (κ3) is 3.32. The van der Waals surface area contributed by atoms with Crippen molar-refractivity contribution in [3.05, 3.63) is 0 Å². The molecule has 0 saturated heterocycles. The molecule has 0 radical (unpaired) electrons. The van der Waals surface area contributed by atoms with Crippen LogP contribution in [-0.4, -0.2) is 5.60 Å². The highest BCUT2D eigenvalue weighted by Gasteiger charge is 2.24. The van der Waals surface area contributed by atoms with Crippen LogP contribution in [0.3, 0.4) is 0 Å². The van der Waals surface area contributed by atoms with Gasteiger partial charge in [0.15, 0.2) is 0 Å². The lowest BCUT2D eigenvalue weighted by atomic mass is 9.94. The Morgan fingerprint density at radius 1 is 0.917 bits per heavy atom. The van der Waals surface area contributed by atoms with Gasteiger partial charge in [0.2, 0.25) is 0 Å². The zero-order valence-corrected chi connectivity index (χ0v) is 8.70. The molecule has 72 valence electrons. The van der Waals surface area contributed by atoms with Gasteiger partial charge in [-0.2, -0.15) is 0 Å². The second-order valence-corrected chi connectivity index (χ2v) is 4.30. The van der Waals surface area contributed by atoms with Crippen LogP contribution in [0.25, 0.3) is 0 Å². The Hall–Kier alpha value is 0.250. The highest BCUT2D eigenvalue weighted by atomic mass is 35.5. The van der Waals surface area contributed by atoms with Crippen molar-refractivity contribution in [3.8, 4) is 0 Å². The summed E-state index contributed by atoms with van der Waals surface area (Å²) in [6, 6.07) is 0. The molecule has 0 aliphatic heterocycles. The van der Waals surface area contributed by atoms with Gasteiger partial charge in [0.05, 0.1) is 17.5 Å². The van der Waals surface area contributed by atoms with E-state index < -0.39 is 0 Å². The summed E-state index contributed by atoms with van der Waals surface area (Å²) in [5.41, 5.74) is -0.0497. The summed E-state index contributed by atoms with van der Waals surface area (Å²) in [5, 5.41) is 0. The monoisotopic (exact) mass is 190 g/mol. The minimum absolute atomic E-state index is 0.0497. The molecule has 1 saturated carbocycles. The molecule has 0 unspecified atom stereocenters. The molecule has 0 aromatic carbocycles. The zero-order valence-electron chi connectivity index (χ0n) is 7.94. The quantitative estimate of drug-likeness (QED) is 0.606. The van der Waals surface area contributed by atoms with Crippen LogP contribution < -0.4 is 0 Å². The van der Waals surface area contributed by atoms with E-state index >= 15 is 0 Å². The molecule has 0 spiro atoms. The van der Waals surface area contributed by atoms with Crippen LogP contribution in [0.2, 0.25) is 0 Å². The normalized spacial score (nSPS) is 25.5. The standard InChI is InChI=1S/C10H19ClO/c1-10(12-11)8-6-4-2-3-5-7-9-10/h2-9H2,1H3. The van der Waals surface area contributed by atoms with Gasteiger partial charge in [-0.3, -0.25) is 4.29 Å². The van der Waals surface area contributed by atoms with Crippen LogP contribution in [0, 0.1) is 0 Å². The van der Waals surface area contributed by atoms with Gasteiger partial charge in [0.1, 0.15) is 0 Å². The van der Waals surface area contributed by atoms with E-state index in [-0.39, 0.29) is 5.60 Å². The first-order valence-electron chi connectivity index (χ1n) is 5.07. The van der Waals surface area contributed by atoms with Gasteiger partial charge in [-0.1, -0.05) is 38.5 Å². The summed E-state index contributed by atoms with van der Waals surface area (Å²) in [4.78, 5) is 0. The van der Waals surface area contributed by atoms with Crippen LogP contribution in [0.4, 0.5) is 0 Å². The molecule has 1 aliphatic rings. The Morgan fingerprint density at radius 2 is 1.33 bits per heavy atom. The topological polar surface area (TPSA) is 9.23 Å². The van der Waals surface area contributed by atoms with Crippen molar-refractivity contribution in [2.45, 2.75) is 63.9 Å². The maximum absolute atomic E-state index is 5.50. The van der Waals surface area contributed by atoms with Gasteiger partial charge in [0.25, 0.3) is 0 Å². The highest BCUT2D eigenvalue weighted by molar-refractivity contribution is 6.07. The Balaban J connectivity index is 2.38. The molecule has 1 nitrogen and oxygen atoms in total. The van der Waals surface area contributed by atoms with Crippen molar-refractivity contribution in [1.29, 1.82) is 0 Å². The maximum Gasteiger partial charge on any atom is 0.0869 e. The zero-order chi connectivity index (χ0) is 8.86. The van der Waals surface area contributed by atoms with E-state index in [1.165, 1.54) is 38.5 Å². The van der Waals surface area contributed by atoms with Crippen LogP contribution in [0.5, 0.6) is 0 Å². The smallest absolute Gasteiger partial charge is 0.0869 e. The van der Waals surface area contributed by atoms with E-state index in [9.17, 15) is 0 Å². The summed E-state index contributed by atoms with van der Waals surface area (Å²) < 4.78 is 5.04. The summed E-state index contributed by atoms with van der Waals surface area (Å²) in [7, 11) is 0. The molecule has 0 aromatic heterocycles. The number of rotatable bonds is 1. The first-order valence-corrected chi connectivity index (χ1v) is 5.37. The molecule has 0 N–H and O–H groups in total. The second kappa shape index (κ2) is 5.08. The maximum atomic E-state index is 5.50. The van der Waals surface area contributed by atoms with Gasteiger partial charge in [0, 0.05) is 0 Å². The van der Waals surface area contributed by atoms with E-state index in [0.29, 0.717) is 0 Å². The average molecular weight is 191 g/mol. The van der Waals surface area contributed by atoms with Crippen molar-refractivity contribution in [3.63, 3.8) is 0 Å². The fraction of sp³-hybridized carbons (Fsp3) is 1.00. The van der Waals surface area contributed by atoms with E-state index in [1.54, 1.807) is 0 Å². The van der Waals surface area contributed by atoms with Crippen LogP contribution >= 0.6 is 11.9 Å². The largest absolute Gasteiger partial charge is 0.273 e. The molecule has 1 aliphatic carbocycles. The molecule has 12 heavy (non-hydrogen) atoms. The predicted molar refractivity (Wildman–Crippen MR) is 52.3 cm³/mol.